The molecule has 1 aromatic rings. The van der Waals surface area contributed by atoms with Crippen LogP contribution in [0.1, 0.15) is 53.5 Å². The Labute approximate surface area is 295 Å². The van der Waals surface area contributed by atoms with E-state index in [2.05, 4.69) is 0 Å². The Morgan fingerprint density at radius 2 is 1.02 bits per heavy atom. The van der Waals surface area contributed by atoms with Gasteiger partial charge in [0.05, 0.1) is 28.0 Å². The number of aliphatic carboxylic acids is 1. The van der Waals surface area contributed by atoms with Gasteiger partial charge in [-0.2, -0.15) is 0 Å². The second-order valence-corrected chi connectivity index (χ2v) is 12.4. The lowest BCUT2D eigenvalue weighted by Gasteiger charge is -2.33. The van der Waals surface area contributed by atoms with Crippen LogP contribution in [0.15, 0.2) is 0 Å². The molecule has 0 aromatic heterocycles. The highest BCUT2D eigenvalue weighted by Gasteiger charge is 2.35. The Balaban J connectivity index is 4.10. The summed E-state index contributed by atoms with van der Waals surface area (Å²) in [5, 5.41) is 9.46. The van der Waals surface area contributed by atoms with Gasteiger partial charge in [-0.1, -0.05) is 0 Å². The van der Waals surface area contributed by atoms with Crippen LogP contribution in [0.3, 0.4) is 0 Å². The van der Waals surface area contributed by atoms with Crippen LogP contribution in [0.25, 0.3) is 0 Å². The summed E-state index contributed by atoms with van der Waals surface area (Å²) < 4.78 is 21.7. The Kier molecular flexibility index (Phi) is 16.8. The van der Waals surface area contributed by atoms with Crippen LogP contribution in [-0.4, -0.2) is 85.3 Å². The number of benzene rings is 1. The number of carboxylic acids is 1. The van der Waals surface area contributed by atoms with E-state index < -0.39 is 53.9 Å². The van der Waals surface area contributed by atoms with Crippen molar-refractivity contribution in [3.05, 3.63) is 16.3 Å². The van der Waals surface area contributed by atoms with Crippen molar-refractivity contribution in [2.24, 2.45) is 0 Å². The van der Waals surface area contributed by atoms with Crippen molar-refractivity contribution >= 4 is 121 Å². The zero-order valence-electron chi connectivity index (χ0n) is 24.9. The smallest absolute Gasteiger partial charge is 0.303 e. The Hall–Kier alpha value is -2.30. The molecule has 1 aromatic carbocycles. The minimum absolute atomic E-state index is 0.000246. The zero-order valence-corrected chi connectivity index (χ0v) is 31.3. The Bertz CT molecular complexity index is 1220. The molecular formula is C27H33I3N2O12. The summed E-state index contributed by atoms with van der Waals surface area (Å²) in [5.74, 6) is -5.04. The second kappa shape index (κ2) is 18.6. The third kappa shape index (κ3) is 11.9. The molecule has 0 spiro atoms. The molecule has 0 aliphatic heterocycles. The summed E-state index contributed by atoms with van der Waals surface area (Å²) in [6.45, 7) is 6.60. The number of hydrogen-bond acceptors (Lipinski definition) is 11. The summed E-state index contributed by atoms with van der Waals surface area (Å²) >= 11 is 5.87. The van der Waals surface area contributed by atoms with E-state index in [0.717, 1.165) is 13.8 Å². The average Bonchev–Trinajstić information content (AvgIpc) is 2.89. The van der Waals surface area contributed by atoms with Crippen LogP contribution in [-0.2, 0) is 58.9 Å². The van der Waals surface area contributed by atoms with E-state index in [1.54, 1.807) is 0 Å². The summed E-state index contributed by atoms with van der Waals surface area (Å²) in [6.07, 6.45) is -2.80. The van der Waals surface area contributed by atoms with Crippen LogP contribution < -0.4 is 9.80 Å². The van der Waals surface area contributed by atoms with E-state index in [-0.39, 0.29) is 50.5 Å². The Morgan fingerprint density at radius 3 is 1.32 bits per heavy atom. The number of nitrogens with zero attached hydrogens (tertiary/aromatic N) is 2. The number of carbonyl (C=O) groups is 7. The number of rotatable bonds is 15. The minimum Gasteiger partial charge on any atom is -0.481 e. The van der Waals surface area contributed by atoms with Crippen molar-refractivity contribution in [2.45, 2.75) is 66.6 Å². The molecule has 2 unspecified atom stereocenters. The standard InChI is InChI=1S/C27H33I3N2O12/c1-13(43-17(5)35)26(39)31(9-11-41-15(3)33)24-21(28)19(7-8-20(37)38)22(29)25(23(24)30)32(10-12-42-16(4)34)27(40)14(2)44-18(6)36/h13-14H,7-12H2,1-6H3,(H,37,38). The maximum absolute atomic E-state index is 13.7. The fourth-order valence-electron chi connectivity index (χ4n) is 3.88. The highest BCUT2D eigenvalue weighted by molar-refractivity contribution is 14.1. The molecule has 2 atom stereocenters. The van der Waals surface area contributed by atoms with E-state index in [1.807, 2.05) is 67.8 Å². The number of anilines is 2. The quantitative estimate of drug-likeness (QED) is 0.154. The number of esters is 4. The monoisotopic (exact) mass is 958 g/mol. The summed E-state index contributed by atoms with van der Waals surface area (Å²) in [7, 11) is 0. The third-order valence-electron chi connectivity index (χ3n) is 5.64. The van der Waals surface area contributed by atoms with E-state index in [9.17, 15) is 38.7 Å². The molecule has 14 nitrogen and oxygen atoms in total. The van der Waals surface area contributed by atoms with Crippen molar-refractivity contribution in [1.29, 1.82) is 0 Å². The summed E-state index contributed by atoms with van der Waals surface area (Å²) in [5.41, 5.74) is 0.960. The molecule has 44 heavy (non-hydrogen) atoms. The minimum atomic E-state index is -1.26. The number of halogens is 3. The van der Waals surface area contributed by atoms with E-state index in [1.165, 1.54) is 37.5 Å². The number of carboxylic acid groups (broad SMARTS) is 1. The van der Waals surface area contributed by atoms with E-state index in [0.29, 0.717) is 16.3 Å². The normalized spacial score (nSPS) is 11.9. The van der Waals surface area contributed by atoms with Gasteiger partial charge in [-0.15, -0.1) is 0 Å². The first-order valence-electron chi connectivity index (χ1n) is 13.1. The van der Waals surface area contributed by atoms with Gasteiger partial charge in [-0.25, -0.2) is 0 Å². The van der Waals surface area contributed by atoms with Crippen LogP contribution in [0, 0.1) is 10.7 Å². The lowest BCUT2D eigenvalue weighted by Crippen LogP contribution is -2.45. The van der Waals surface area contributed by atoms with Crippen LogP contribution in [0.4, 0.5) is 11.4 Å². The molecule has 0 bridgehead atoms. The number of amides is 2. The average molecular weight is 958 g/mol. The molecule has 0 saturated carbocycles. The van der Waals surface area contributed by atoms with Crippen LogP contribution >= 0.6 is 67.8 Å². The highest BCUT2D eigenvalue weighted by Crippen LogP contribution is 2.43. The van der Waals surface area contributed by atoms with Gasteiger partial charge in [0, 0.05) is 41.3 Å². The van der Waals surface area contributed by atoms with Gasteiger partial charge in [0.2, 0.25) is 0 Å². The predicted molar refractivity (Wildman–Crippen MR) is 181 cm³/mol. The third-order valence-corrected chi connectivity index (χ3v) is 8.99. The molecule has 2 amide bonds. The maximum Gasteiger partial charge on any atom is 0.303 e. The van der Waals surface area contributed by atoms with Crippen molar-refractivity contribution in [3.8, 4) is 0 Å². The summed E-state index contributed by atoms with van der Waals surface area (Å²) in [6, 6.07) is 0. The number of ether oxygens (including phenoxy) is 4. The number of hydrogen-bond donors (Lipinski definition) is 1. The van der Waals surface area contributed by atoms with E-state index >= 15 is 0 Å². The van der Waals surface area contributed by atoms with Gasteiger partial charge in [-0.05, 0) is 93.6 Å². The molecule has 1 N–H and O–H groups in total. The maximum atomic E-state index is 13.7. The van der Waals surface area contributed by atoms with E-state index in [4.69, 9.17) is 18.9 Å². The summed E-state index contributed by atoms with van der Waals surface area (Å²) in [4.78, 5) is 87.9. The van der Waals surface area contributed by atoms with Gasteiger partial charge in [0.25, 0.3) is 11.8 Å². The predicted octanol–water partition coefficient (Wildman–Crippen LogP) is 3.21. The molecule has 1 rings (SSSR count). The van der Waals surface area contributed by atoms with Gasteiger partial charge < -0.3 is 33.9 Å². The lowest BCUT2D eigenvalue weighted by molar-refractivity contribution is -0.152. The molecule has 0 aliphatic rings. The number of carbonyl (C=O) groups excluding carboxylic acids is 6. The van der Waals surface area contributed by atoms with Gasteiger partial charge >= 0.3 is 29.8 Å². The van der Waals surface area contributed by atoms with Crippen LogP contribution in [0.2, 0.25) is 0 Å². The topological polar surface area (TPSA) is 183 Å². The van der Waals surface area contributed by atoms with Crippen molar-refractivity contribution < 1.29 is 57.6 Å². The molecule has 0 fully saturated rings. The first-order chi connectivity index (χ1) is 20.4. The second-order valence-electron chi connectivity index (χ2n) is 9.17. The molecule has 17 heteroatoms. The fourth-order valence-corrected chi connectivity index (χ4v) is 8.75. The van der Waals surface area contributed by atoms with Gasteiger partial charge in [0.1, 0.15) is 13.2 Å². The van der Waals surface area contributed by atoms with Crippen molar-refractivity contribution in [3.63, 3.8) is 0 Å². The van der Waals surface area contributed by atoms with Crippen LogP contribution in [0.5, 0.6) is 0 Å². The van der Waals surface area contributed by atoms with Gasteiger partial charge in [-0.3, -0.25) is 33.6 Å². The largest absolute Gasteiger partial charge is 0.481 e. The SMILES string of the molecule is CC(=O)OCCN(C(=O)C(C)OC(C)=O)c1c(I)c(CCC(=O)O)c(I)c(N(CCOC(C)=O)C(=O)C(C)OC(C)=O)c1I. The van der Waals surface area contributed by atoms with Gasteiger partial charge in [0.15, 0.2) is 12.2 Å². The van der Waals surface area contributed by atoms with Crippen molar-refractivity contribution in [1.82, 2.24) is 0 Å². The molecule has 0 radical (unpaired) electrons. The Morgan fingerprint density at radius 1 is 0.659 bits per heavy atom. The molecular weight excluding hydrogens is 925 g/mol. The molecule has 0 heterocycles. The lowest BCUT2D eigenvalue weighted by atomic mass is 10.1. The first kappa shape index (κ1) is 39.7. The molecule has 0 aliphatic carbocycles. The highest BCUT2D eigenvalue weighted by atomic mass is 127. The molecule has 244 valence electrons. The molecule has 0 saturated heterocycles. The fraction of sp³-hybridized carbons (Fsp3) is 0.519. The van der Waals surface area contributed by atoms with Crippen molar-refractivity contribution in [2.75, 3.05) is 36.1 Å². The first-order valence-corrected chi connectivity index (χ1v) is 16.3. The zero-order chi connectivity index (χ0) is 33.9.